The molecule has 33 heteroatoms. The van der Waals surface area contributed by atoms with Crippen LogP contribution in [0.1, 0.15) is 190 Å². The molecule has 1 aliphatic carbocycles. The van der Waals surface area contributed by atoms with Crippen molar-refractivity contribution in [2.75, 3.05) is 159 Å². The van der Waals surface area contributed by atoms with E-state index in [4.69, 9.17) is 87.3 Å². The Morgan fingerprint density at radius 2 is 1.35 bits per heavy atom. The monoisotopic (exact) mass is 1770 g/mol. The van der Waals surface area contributed by atoms with Crippen LogP contribution in [0, 0.1) is 35.5 Å². The molecule has 4 fully saturated rings. The van der Waals surface area contributed by atoms with Crippen LogP contribution in [0.2, 0.25) is 0 Å². The number of carbonyl (C=O) groups excluding carboxylic acids is 7. The lowest BCUT2D eigenvalue weighted by atomic mass is 9.78. The summed E-state index contributed by atoms with van der Waals surface area (Å²) in [7, 11) is 7.76. The fraction of sp³-hybridized carbons (Fsp3) is 0.710. The Hall–Kier alpha value is -7.87. The number of ketones is 3. The molecule has 6 N–H and O–H groups in total. The van der Waals surface area contributed by atoms with Gasteiger partial charge in [0.1, 0.15) is 59.6 Å². The molecule has 706 valence electrons. The molecular weight excluding hydrogens is 1630 g/mol. The second kappa shape index (κ2) is 55.9. The topological polar surface area (TPSA) is 417 Å². The number of benzene rings is 1. The maximum absolute atomic E-state index is 14.5. The molecule has 9 rings (SSSR count). The van der Waals surface area contributed by atoms with Gasteiger partial charge in [-0.25, -0.2) is 19.4 Å². The number of aliphatic hydroxyl groups is 2. The summed E-state index contributed by atoms with van der Waals surface area (Å²) in [5.74, 6) is -8.05. The van der Waals surface area contributed by atoms with Crippen LogP contribution in [0.15, 0.2) is 76.5 Å². The van der Waals surface area contributed by atoms with Crippen LogP contribution in [0.5, 0.6) is 0 Å². The average Bonchev–Trinajstić information content (AvgIpc) is 1.69. The zero-order valence-electron chi connectivity index (χ0n) is 77.1. The van der Waals surface area contributed by atoms with Gasteiger partial charge in [-0.1, -0.05) is 84.9 Å². The molecule has 126 heavy (non-hydrogen) atoms. The first-order chi connectivity index (χ1) is 60.6. The molecule has 0 radical (unpaired) electrons. The Kier molecular flexibility index (Phi) is 46.6. The van der Waals surface area contributed by atoms with E-state index in [0.717, 1.165) is 43.4 Å². The Bertz CT molecular complexity index is 4090. The van der Waals surface area contributed by atoms with Crippen molar-refractivity contribution in [3.8, 4) is 11.3 Å². The Balaban J connectivity index is 0.000000327. The minimum absolute atomic E-state index is 0.00669. The van der Waals surface area contributed by atoms with Gasteiger partial charge in [0.25, 0.3) is 17.7 Å². The van der Waals surface area contributed by atoms with Gasteiger partial charge in [0.05, 0.1) is 109 Å². The molecule has 15 atom stereocenters. The summed E-state index contributed by atoms with van der Waals surface area (Å²) in [5.41, 5.74) is 16.6. The van der Waals surface area contributed by atoms with Crippen LogP contribution < -0.4 is 11.5 Å². The molecule has 0 unspecified atom stereocenters. The number of esters is 2. The third kappa shape index (κ3) is 32.6. The van der Waals surface area contributed by atoms with Gasteiger partial charge in [0.15, 0.2) is 17.0 Å². The van der Waals surface area contributed by atoms with E-state index in [1.165, 1.54) is 18.3 Å². The molecule has 7 heterocycles. The van der Waals surface area contributed by atoms with Crippen LogP contribution in [0.3, 0.4) is 0 Å². The SMILES string of the molecule is CCCOCCC(=O)N1CCC(n2nc(-c3ccc4oc(N)nc4c3)c3c(N)ncnc32)CC1.CCCOCCOCCOCCOCCOCCOC.COCCCC(=O)O[C@@H]1CC[C@@H](C[C@@H](C)[C@@H]2CC(=O)[C@H](C)/C=C(\C)[C@@H](O)[C@@H](OC)C(=O)[C@H](C)C[C@H](C)/C=C/C=C/C=C(\C)[C@@H](OC)C[C@@H]3CC[C@@H](C)[C@@](O)(O3)C(=O)C(=O)N3CCCC[C@H]3C(=O)O2)C[C@H]1OC. The van der Waals surface area contributed by atoms with E-state index in [0.29, 0.717) is 215 Å². The van der Waals surface area contributed by atoms with Gasteiger partial charge in [-0.05, 0) is 157 Å². The number of aromatic nitrogens is 5. The maximum atomic E-state index is 14.5. The highest BCUT2D eigenvalue weighted by atomic mass is 16.6. The minimum Gasteiger partial charge on any atom is -0.460 e. The van der Waals surface area contributed by atoms with Gasteiger partial charge in [0.2, 0.25) is 11.7 Å². The number of nitrogen functional groups attached to an aromatic ring is 2. The standard InChI is InChI=1S/C56H87NO15.C23H28N8O3.C14H30O6/c1-34-18-13-12-14-19-35(2)46(67-9)32-42-24-22-40(7)56(65,72-42)53(62)54(63)57-26-16-15-20-43(57)55(64)71-47(33-44(58)36(3)29-39(6)51(61)52(69-11)50(60)38(5)28-34)37(4)30-41-23-25-45(48(31-41)68-10)70-49(59)21-17-27-66-8;1-2-10-33-11-7-18(32)30-8-5-15(6-9-30)31-22-19(21(24)26-13-27-22)20(29-31)14-3-4-17-16(12-14)28-23(25)34-17;1-3-4-16-7-8-18-11-12-20-14-13-19-10-9-17-6-5-15-2/h12-14,18-19,29,34,36-38,40-43,45-48,51-52,61,65H,15-17,20-28,30-33H2,1-11H3;3-4,12-13,15H,2,5-11H2,1H3,(H2,25,28)(H2,24,26,27);3-14H2,1-2H3/b14-12+,18-13+,35-19+,39-29+;;/t34-,36-,37-,38-,40-,41+,42+,43+,45-,46+,47+,48-,51-,52+,56-;;/m1../s1. The van der Waals surface area contributed by atoms with E-state index in [9.17, 15) is 43.8 Å². The number of nitrogens with two attached hydrogens (primary N) is 2. The van der Waals surface area contributed by atoms with E-state index >= 15 is 0 Å². The molecule has 4 aliphatic heterocycles. The van der Waals surface area contributed by atoms with Crippen molar-refractivity contribution in [3.63, 3.8) is 0 Å². The Morgan fingerprint density at radius 3 is 1.99 bits per heavy atom. The van der Waals surface area contributed by atoms with Gasteiger partial charge in [-0.15, -0.1) is 0 Å². The van der Waals surface area contributed by atoms with Crippen LogP contribution >= 0.6 is 0 Å². The number of piperidine rings is 2. The van der Waals surface area contributed by atoms with Crippen molar-refractivity contribution in [1.82, 2.24) is 34.5 Å². The molecule has 0 spiro atoms. The molecular formula is C93H145N9O24. The molecule has 5 aliphatic rings. The summed E-state index contributed by atoms with van der Waals surface area (Å²) in [6.45, 7) is 26.6. The van der Waals surface area contributed by atoms with Gasteiger partial charge in [-0.2, -0.15) is 10.1 Å². The van der Waals surface area contributed by atoms with Crippen LogP contribution in [-0.4, -0.2) is 288 Å². The lowest BCUT2D eigenvalue weighted by Gasteiger charge is -2.42. The normalized spacial score (nSPS) is 27.2. The number of likely N-dealkylation sites (tertiary alicyclic amines) is 1. The number of ether oxygens (including phenoxy) is 14. The van der Waals surface area contributed by atoms with Gasteiger partial charge >= 0.3 is 11.9 Å². The molecule has 1 saturated carbocycles. The number of carbonyl (C=O) groups is 7. The van der Waals surface area contributed by atoms with E-state index < -0.39 is 83.9 Å². The molecule has 3 saturated heterocycles. The zero-order chi connectivity index (χ0) is 91.7. The largest absolute Gasteiger partial charge is 0.460 e. The number of amides is 2. The van der Waals surface area contributed by atoms with Gasteiger partial charge in [0, 0.05) is 118 Å². The number of nitrogens with zero attached hydrogens (tertiary/aromatic N) is 7. The van der Waals surface area contributed by atoms with Gasteiger partial charge < -0.3 is 102 Å². The number of anilines is 2. The Morgan fingerprint density at radius 1 is 0.690 bits per heavy atom. The number of oxazole rings is 1. The van der Waals surface area contributed by atoms with Crippen molar-refractivity contribution in [1.29, 1.82) is 0 Å². The van der Waals surface area contributed by atoms with Crippen molar-refractivity contribution >= 4 is 75.1 Å². The quantitative estimate of drug-likeness (QED) is 0.0144. The number of aliphatic hydroxyl groups excluding tert-OH is 1. The predicted octanol–water partition coefficient (Wildman–Crippen LogP) is 11.1. The third-order valence-electron chi connectivity index (χ3n) is 23.9. The number of Topliss-reactive ketones (excluding diaryl/α,β-unsaturated/α-hetero) is 3. The summed E-state index contributed by atoms with van der Waals surface area (Å²) in [6.07, 6.45) is 17.2. The maximum Gasteiger partial charge on any atom is 0.329 e. The van der Waals surface area contributed by atoms with Crippen LogP contribution in [-0.2, 0) is 99.9 Å². The molecule has 3 aromatic heterocycles. The van der Waals surface area contributed by atoms with Crippen molar-refractivity contribution in [3.05, 3.63) is 72.1 Å². The smallest absolute Gasteiger partial charge is 0.329 e. The fourth-order valence-corrected chi connectivity index (χ4v) is 16.6. The Labute approximate surface area is 743 Å². The third-order valence-corrected chi connectivity index (χ3v) is 23.9. The lowest BCUT2D eigenvalue weighted by molar-refractivity contribution is -0.265. The van der Waals surface area contributed by atoms with E-state index in [2.05, 4.69) is 28.8 Å². The summed E-state index contributed by atoms with van der Waals surface area (Å²) >= 11 is 0. The second-order valence-electron chi connectivity index (χ2n) is 33.7. The van der Waals surface area contributed by atoms with Crippen molar-refractivity contribution in [2.24, 2.45) is 35.5 Å². The highest BCUT2D eigenvalue weighted by molar-refractivity contribution is 6.39. The van der Waals surface area contributed by atoms with E-state index in [1.54, 1.807) is 55.3 Å². The van der Waals surface area contributed by atoms with Crippen LogP contribution in [0.4, 0.5) is 11.8 Å². The van der Waals surface area contributed by atoms with Crippen molar-refractivity contribution < 1.29 is 115 Å². The molecule has 33 nitrogen and oxygen atoms in total. The summed E-state index contributed by atoms with van der Waals surface area (Å²) in [4.78, 5) is 112. The van der Waals surface area contributed by atoms with Gasteiger partial charge in [-0.3, -0.25) is 28.8 Å². The van der Waals surface area contributed by atoms with E-state index in [-0.39, 0.29) is 85.2 Å². The number of cyclic esters (lactones) is 1. The summed E-state index contributed by atoms with van der Waals surface area (Å²) < 4.78 is 84.9. The fourth-order valence-electron chi connectivity index (χ4n) is 16.6. The first kappa shape index (κ1) is 105. The second-order valence-corrected chi connectivity index (χ2v) is 33.7. The first-order valence-electron chi connectivity index (χ1n) is 45.2. The molecule has 4 aromatic rings. The predicted molar refractivity (Wildman–Crippen MR) is 474 cm³/mol. The molecule has 2 bridgehead atoms. The van der Waals surface area contributed by atoms with E-state index in [1.807, 2.05) is 85.9 Å². The highest BCUT2D eigenvalue weighted by Crippen LogP contribution is 2.40. The number of hydrogen-bond donors (Lipinski definition) is 4. The number of methoxy groups -OCH3 is 5. The lowest BCUT2D eigenvalue weighted by Crippen LogP contribution is -2.61. The van der Waals surface area contributed by atoms with Crippen molar-refractivity contribution in [2.45, 2.75) is 245 Å². The number of allylic oxidation sites excluding steroid dienone is 6. The van der Waals surface area contributed by atoms with Crippen LogP contribution in [0.25, 0.3) is 33.4 Å². The molecule has 2 amide bonds. The number of rotatable bonds is 35. The summed E-state index contributed by atoms with van der Waals surface area (Å²) in [6, 6.07) is 4.62. The average molecular weight is 1770 g/mol. The first-order valence-corrected chi connectivity index (χ1v) is 45.2. The number of hydrogen-bond acceptors (Lipinski definition) is 30. The zero-order valence-corrected chi connectivity index (χ0v) is 77.1. The summed E-state index contributed by atoms with van der Waals surface area (Å²) in [5, 5.41) is 29.1. The molecule has 1 aromatic carbocycles. The number of fused-ring (bicyclic) bond motifs is 5. The minimum atomic E-state index is -2.45. The highest BCUT2D eigenvalue weighted by Gasteiger charge is 2.53.